The number of allylic oxidation sites excluding steroid dienone is 1. The van der Waals surface area contributed by atoms with E-state index in [0.717, 1.165) is 49.7 Å². The second-order valence-corrected chi connectivity index (χ2v) is 9.11. The standard InChI is InChI=1S/C28H33N5/c1-3-32-13-15-33(16-14-32)19-22-9-11-24(12-10-22)25-17-26-27(18-25)29-20-30-28(26)31-21(2)23-7-5-4-6-8-23/h4-12,17,20-21H,3,13-16,18-19H2,1-2H3,(H,29,30,31)/t21-/m1/s1. The quantitative estimate of drug-likeness (QED) is 0.568. The Morgan fingerprint density at radius 1 is 0.909 bits per heavy atom. The zero-order valence-electron chi connectivity index (χ0n) is 19.7. The average molecular weight is 440 g/mol. The number of fused-ring (bicyclic) bond motifs is 1. The second-order valence-electron chi connectivity index (χ2n) is 9.11. The van der Waals surface area contributed by atoms with Gasteiger partial charge in [0.25, 0.3) is 0 Å². The van der Waals surface area contributed by atoms with E-state index >= 15 is 0 Å². The van der Waals surface area contributed by atoms with Crippen molar-refractivity contribution < 1.29 is 0 Å². The van der Waals surface area contributed by atoms with Crippen LogP contribution in [0.3, 0.4) is 0 Å². The zero-order valence-corrected chi connectivity index (χ0v) is 19.7. The summed E-state index contributed by atoms with van der Waals surface area (Å²) in [6, 6.07) is 19.8. The summed E-state index contributed by atoms with van der Waals surface area (Å²) in [6.07, 6.45) is 4.79. The van der Waals surface area contributed by atoms with E-state index in [-0.39, 0.29) is 6.04 Å². The molecule has 0 spiro atoms. The van der Waals surface area contributed by atoms with Crippen LogP contribution in [-0.4, -0.2) is 52.5 Å². The number of nitrogens with zero attached hydrogens (tertiary/aromatic N) is 4. The van der Waals surface area contributed by atoms with Crippen molar-refractivity contribution >= 4 is 17.5 Å². The Kier molecular flexibility index (Phi) is 6.51. The van der Waals surface area contributed by atoms with E-state index in [1.54, 1.807) is 6.33 Å². The average Bonchev–Trinajstić information content (AvgIpc) is 3.31. The van der Waals surface area contributed by atoms with Gasteiger partial charge in [0, 0.05) is 50.7 Å². The van der Waals surface area contributed by atoms with Crippen LogP contribution >= 0.6 is 0 Å². The van der Waals surface area contributed by atoms with Crippen LogP contribution in [0, 0.1) is 0 Å². The molecule has 5 rings (SSSR count). The molecule has 0 amide bonds. The van der Waals surface area contributed by atoms with Gasteiger partial charge in [-0.1, -0.05) is 61.5 Å². The molecular weight excluding hydrogens is 406 g/mol. The van der Waals surface area contributed by atoms with Gasteiger partial charge in [-0.2, -0.15) is 0 Å². The maximum Gasteiger partial charge on any atom is 0.137 e. The molecular formula is C28H33N5. The molecule has 3 aromatic rings. The summed E-state index contributed by atoms with van der Waals surface area (Å²) >= 11 is 0. The Morgan fingerprint density at radius 2 is 1.64 bits per heavy atom. The lowest BCUT2D eigenvalue weighted by molar-refractivity contribution is 0.132. The molecule has 33 heavy (non-hydrogen) atoms. The first-order chi connectivity index (χ1) is 16.2. The number of aromatic nitrogens is 2. The zero-order chi connectivity index (χ0) is 22.6. The maximum atomic E-state index is 4.57. The maximum absolute atomic E-state index is 4.57. The molecule has 5 nitrogen and oxygen atoms in total. The molecule has 1 aliphatic carbocycles. The van der Waals surface area contributed by atoms with Gasteiger partial charge >= 0.3 is 0 Å². The molecule has 0 bridgehead atoms. The van der Waals surface area contributed by atoms with Crippen molar-refractivity contribution in [2.75, 3.05) is 38.0 Å². The minimum Gasteiger partial charge on any atom is -0.363 e. The fraction of sp³-hybridized carbons (Fsp3) is 0.357. The van der Waals surface area contributed by atoms with E-state index in [2.05, 4.69) is 93.5 Å². The van der Waals surface area contributed by atoms with Crippen LogP contribution in [0.25, 0.3) is 11.6 Å². The highest BCUT2D eigenvalue weighted by atomic mass is 15.3. The van der Waals surface area contributed by atoms with Crippen molar-refractivity contribution in [1.29, 1.82) is 0 Å². The molecule has 170 valence electrons. The summed E-state index contributed by atoms with van der Waals surface area (Å²) in [5.74, 6) is 0.911. The third-order valence-electron chi connectivity index (χ3n) is 6.94. The van der Waals surface area contributed by atoms with Crippen LogP contribution in [-0.2, 0) is 13.0 Å². The molecule has 0 radical (unpaired) electrons. The van der Waals surface area contributed by atoms with Crippen molar-refractivity contribution in [2.45, 2.75) is 32.9 Å². The van der Waals surface area contributed by atoms with Gasteiger partial charge in [0.1, 0.15) is 12.1 Å². The van der Waals surface area contributed by atoms with Crippen LogP contribution in [0.15, 0.2) is 60.9 Å². The van der Waals surface area contributed by atoms with E-state index in [0.29, 0.717) is 0 Å². The highest BCUT2D eigenvalue weighted by molar-refractivity contribution is 5.90. The monoisotopic (exact) mass is 439 g/mol. The van der Waals surface area contributed by atoms with E-state index in [1.165, 1.54) is 35.4 Å². The molecule has 0 unspecified atom stereocenters. The van der Waals surface area contributed by atoms with Gasteiger partial charge in [-0.05, 0) is 41.8 Å². The summed E-state index contributed by atoms with van der Waals surface area (Å²) in [5, 5.41) is 3.59. The SMILES string of the molecule is CCN1CCN(Cc2ccc(C3=Cc4c(ncnc4N[C@H](C)c4ccccc4)C3)cc2)CC1. The van der Waals surface area contributed by atoms with Crippen molar-refractivity contribution in [3.05, 3.63) is 88.9 Å². The summed E-state index contributed by atoms with van der Waals surface area (Å²) in [6.45, 7) is 11.3. The van der Waals surface area contributed by atoms with Crippen LogP contribution < -0.4 is 5.32 Å². The van der Waals surface area contributed by atoms with E-state index in [1.807, 2.05) is 6.07 Å². The van der Waals surface area contributed by atoms with Crippen LogP contribution in [0.5, 0.6) is 0 Å². The normalized spacial score (nSPS) is 17.5. The number of anilines is 1. The van der Waals surface area contributed by atoms with Crippen molar-refractivity contribution in [1.82, 2.24) is 19.8 Å². The number of rotatable bonds is 7. The summed E-state index contributed by atoms with van der Waals surface area (Å²) in [4.78, 5) is 14.2. The molecule has 1 N–H and O–H groups in total. The van der Waals surface area contributed by atoms with Gasteiger partial charge in [0.15, 0.2) is 0 Å². The summed E-state index contributed by atoms with van der Waals surface area (Å²) in [5.41, 5.74) is 7.44. The molecule has 1 atom stereocenters. The lowest BCUT2D eigenvalue weighted by Crippen LogP contribution is -2.45. The number of benzene rings is 2. The number of piperazine rings is 1. The van der Waals surface area contributed by atoms with Gasteiger partial charge in [-0.25, -0.2) is 9.97 Å². The summed E-state index contributed by atoms with van der Waals surface area (Å²) in [7, 11) is 0. The van der Waals surface area contributed by atoms with Gasteiger partial charge in [-0.3, -0.25) is 4.90 Å². The molecule has 2 aromatic carbocycles. The molecule has 5 heteroatoms. The fourth-order valence-corrected chi connectivity index (χ4v) is 4.81. The molecule has 1 aliphatic heterocycles. The predicted molar refractivity (Wildman–Crippen MR) is 136 cm³/mol. The highest BCUT2D eigenvalue weighted by Crippen LogP contribution is 2.34. The fourth-order valence-electron chi connectivity index (χ4n) is 4.81. The molecule has 2 heterocycles. The first-order valence-corrected chi connectivity index (χ1v) is 12.1. The Morgan fingerprint density at radius 3 is 2.36 bits per heavy atom. The second kappa shape index (κ2) is 9.86. The molecule has 2 aliphatic rings. The lowest BCUT2D eigenvalue weighted by Gasteiger charge is -2.34. The molecule has 1 aromatic heterocycles. The van der Waals surface area contributed by atoms with Crippen LogP contribution in [0.1, 0.15) is 47.8 Å². The third kappa shape index (κ3) is 5.00. The van der Waals surface area contributed by atoms with Gasteiger partial charge in [-0.15, -0.1) is 0 Å². The first kappa shape index (κ1) is 21.8. The Bertz CT molecular complexity index is 1100. The van der Waals surface area contributed by atoms with E-state index in [9.17, 15) is 0 Å². The molecule has 1 fully saturated rings. The molecule has 0 saturated carbocycles. The Labute approximate surface area is 197 Å². The van der Waals surface area contributed by atoms with Gasteiger partial charge in [0.2, 0.25) is 0 Å². The molecule has 1 saturated heterocycles. The number of hydrogen-bond donors (Lipinski definition) is 1. The van der Waals surface area contributed by atoms with Crippen molar-refractivity contribution in [3.63, 3.8) is 0 Å². The van der Waals surface area contributed by atoms with Gasteiger partial charge in [0.05, 0.1) is 5.69 Å². The van der Waals surface area contributed by atoms with Crippen molar-refractivity contribution in [2.24, 2.45) is 0 Å². The number of nitrogens with one attached hydrogen (secondary N) is 1. The van der Waals surface area contributed by atoms with E-state index in [4.69, 9.17) is 0 Å². The number of likely N-dealkylation sites (N-methyl/N-ethyl adjacent to an activating group) is 1. The number of hydrogen-bond acceptors (Lipinski definition) is 5. The summed E-state index contributed by atoms with van der Waals surface area (Å²) < 4.78 is 0. The van der Waals surface area contributed by atoms with Gasteiger partial charge < -0.3 is 10.2 Å². The van der Waals surface area contributed by atoms with Crippen LogP contribution in [0.4, 0.5) is 5.82 Å². The van der Waals surface area contributed by atoms with Crippen LogP contribution in [0.2, 0.25) is 0 Å². The Balaban J connectivity index is 1.27. The Hall–Kier alpha value is -3.02. The topological polar surface area (TPSA) is 44.3 Å². The minimum atomic E-state index is 0.182. The third-order valence-corrected chi connectivity index (χ3v) is 6.94. The largest absolute Gasteiger partial charge is 0.363 e. The lowest BCUT2D eigenvalue weighted by atomic mass is 10.0. The van der Waals surface area contributed by atoms with E-state index < -0.39 is 0 Å². The highest BCUT2D eigenvalue weighted by Gasteiger charge is 2.21. The first-order valence-electron chi connectivity index (χ1n) is 12.1. The predicted octanol–water partition coefficient (Wildman–Crippen LogP) is 4.88. The smallest absolute Gasteiger partial charge is 0.137 e. The van der Waals surface area contributed by atoms with Crippen molar-refractivity contribution in [3.8, 4) is 0 Å². The minimum absolute atomic E-state index is 0.182.